The minimum absolute atomic E-state index is 0.117. The largest absolute Gasteiger partial charge is 0.387 e. The molecule has 0 radical (unpaired) electrons. The Balaban J connectivity index is 2.07. The van der Waals surface area contributed by atoms with Gasteiger partial charge in [0.1, 0.15) is 31.2 Å². The topological polar surface area (TPSA) is 77.4 Å². The molecule has 2 heterocycles. The molecule has 2 fully saturated rings. The number of rotatable bonds is 1. The van der Waals surface area contributed by atoms with Gasteiger partial charge in [0, 0.05) is 7.11 Å². The Morgan fingerprint density at radius 3 is 2.79 bits per heavy atom. The minimum Gasteiger partial charge on any atom is -0.387 e. The van der Waals surface area contributed by atoms with Gasteiger partial charge in [0.15, 0.2) is 6.29 Å². The van der Waals surface area contributed by atoms with Gasteiger partial charge in [-0.15, -0.1) is 0 Å². The number of ether oxygens (including phenoxy) is 4. The zero-order valence-corrected chi connectivity index (χ0v) is 7.83. The van der Waals surface area contributed by atoms with Gasteiger partial charge in [-0.3, -0.25) is 0 Å². The fraction of sp³-hybridized carbons (Fsp3) is 1.00. The molecular weight excluding hydrogens is 192 g/mol. The molecule has 2 N–H and O–H groups in total. The number of aliphatic hydroxyl groups excluding tert-OH is 2. The second-order valence-corrected chi connectivity index (χ2v) is 3.38. The Morgan fingerprint density at radius 1 is 1.29 bits per heavy atom. The standard InChI is InChI=1S/C8H14O6/c1-11-8-6(10)5(9)7-4(14-8)2-12-3-13-7/h4-10H,2-3H2,1H3/t4-,5-,6-,7-,8-/m1/s1. The van der Waals surface area contributed by atoms with Gasteiger partial charge in [0.2, 0.25) is 0 Å². The fourth-order valence-electron chi connectivity index (χ4n) is 1.73. The maximum absolute atomic E-state index is 9.68. The van der Waals surface area contributed by atoms with Crippen LogP contribution in [0.1, 0.15) is 0 Å². The molecule has 0 aromatic heterocycles. The van der Waals surface area contributed by atoms with Crippen LogP contribution < -0.4 is 0 Å². The first kappa shape index (κ1) is 10.3. The Labute approximate surface area is 81.3 Å². The van der Waals surface area contributed by atoms with E-state index in [2.05, 4.69) is 0 Å². The van der Waals surface area contributed by atoms with E-state index in [-0.39, 0.29) is 12.9 Å². The van der Waals surface area contributed by atoms with Crippen molar-refractivity contribution in [2.75, 3.05) is 20.5 Å². The SMILES string of the molecule is CO[C@@H]1O[C@@H]2COCO[C@H]2[C@H](O)[C@H]1O. The highest BCUT2D eigenvalue weighted by molar-refractivity contribution is 4.91. The number of hydrogen-bond acceptors (Lipinski definition) is 6. The van der Waals surface area contributed by atoms with Crippen LogP contribution in [-0.4, -0.2) is 61.4 Å². The van der Waals surface area contributed by atoms with Crippen molar-refractivity contribution in [3.8, 4) is 0 Å². The first-order valence-electron chi connectivity index (χ1n) is 4.48. The highest BCUT2D eigenvalue weighted by Crippen LogP contribution is 2.26. The smallest absolute Gasteiger partial charge is 0.186 e. The molecule has 82 valence electrons. The zero-order chi connectivity index (χ0) is 10.1. The summed E-state index contributed by atoms with van der Waals surface area (Å²) in [5.41, 5.74) is 0. The molecule has 2 rings (SSSR count). The summed E-state index contributed by atoms with van der Waals surface area (Å²) in [4.78, 5) is 0. The maximum atomic E-state index is 9.68. The molecule has 0 aromatic carbocycles. The van der Waals surface area contributed by atoms with E-state index in [1.54, 1.807) is 0 Å². The summed E-state index contributed by atoms with van der Waals surface area (Å²) in [5.74, 6) is 0. The van der Waals surface area contributed by atoms with E-state index >= 15 is 0 Å². The lowest BCUT2D eigenvalue weighted by Gasteiger charge is -2.43. The van der Waals surface area contributed by atoms with Crippen LogP contribution in [0.4, 0.5) is 0 Å². The molecule has 0 aromatic rings. The summed E-state index contributed by atoms with van der Waals surface area (Å²) in [5, 5.41) is 19.2. The quantitative estimate of drug-likeness (QED) is 0.541. The summed E-state index contributed by atoms with van der Waals surface area (Å²) >= 11 is 0. The monoisotopic (exact) mass is 206 g/mol. The Morgan fingerprint density at radius 2 is 2.07 bits per heavy atom. The van der Waals surface area contributed by atoms with E-state index in [0.717, 1.165) is 0 Å². The van der Waals surface area contributed by atoms with Gasteiger partial charge in [-0.2, -0.15) is 0 Å². The van der Waals surface area contributed by atoms with Gasteiger partial charge >= 0.3 is 0 Å². The Kier molecular flexibility index (Phi) is 3.01. The Hall–Kier alpha value is -0.240. The molecule has 0 saturated carbocycles. The molecule has 2 aliphatic heterocycles. The van der Waals surface area contributed by atoms with Gasteiger partial charge in [-0.05, 0) is 0 Å². The van der Waals surface area contributed by atoms with Crippen molar-refractivity contribution in [1.29, 1.82) is 0 Å². The van der Waals surface area contributed by atoms with Crippen molar-refractivity contribution >= 4 is 0 Å². The summed E-state index contributed by atoms with van der Waals surface area (Å²) in [6.07, 6.45) is -3.82. The summed E-state index contributed by atoms with van der Waals surface area (Å²) in [6, 6.07) is 0. The predicted molar refractivity (Wildman–Crippen MR) is 43.4 cm³/mol. The normalized spacial score (nSPS) is 48.6. The lowest BCUT2D eigenvalue weighted by molar-refractivity contribution is -0.334. The third-order valence-corrected chi connectivity index (χ3v) is 2.50. The van der Waals surface area contributed by atoms with Gasteiger partial charge in [0.05, 0.1) is 6.61 Å². The van der Waals surface area contributed by atoms with Crippen LogP contribution in [0.25, 0.3) is 0 Å². The average molecular weight is 206 g/mol. The average Bonchev–Trinajstić information content (AvgIpc) is 2.23. The summed E-state index contributed by atoms with van der Waals surface area (Å²) in [7, 11) is 1.41. The van der Waals surface area contributed by atoms with Crippen LogP contribution in [0, 0.1) is 0 Å². The molecule has 0 unspecified atom stereocenters. The molecule has 6 heteroatoms. The van der Waals surface area contributed by atoms with Crippen molar-refractivity contribution in [1.82, 2.24) is 0 Å². The fourth-order valence-corrected chi connectivity index (χ4v) is 1.73. The molecule has 0 amide bonds. The molecule has 0 spiro atoms. The van der Waals surface area contributed by atoms with Gasteiger partial charge in [-0.1, -0.05) is 0 Å². The van der Waals surface area contributed by atoms with Crippen LogP contribution in [0.5, 0.6) is 0 Å². The van der Waals surface area contributed by atoms with Crippen molar-refractivity contribution in [3.05, 3.63) is 0 Å². The van der Waals surface area contributed by atoms with Crippen LogP contribution in [-0.2, 0) is 18.9 Å². The molecule has 0 aliphatic carbocycles. The third kappa shape index (κ3) is 1.65. The summed E-state index contributed by atoms with van der Waals surface area (Å²) < 4.78 is 20.4. The number of fused-ring (bicyclic) bond motifs is 1. The number of hydrogen-bond donors (Lipinski definition) is 2. The zero-order valence-electron chi connectivity index (χ0n) is 7.83. The van der Waals surface area contributed by atoms with Crippen molar-refractivity contribution in [2.24, 2.45) is 0 Å². The predicted octanol–water partition coefficient (Wildman–Crippen LogP) is -1.55. The molecule has 6 nitrogen and oxygen atoms in total. The van der Waals surface area contributed by atoms with Gasteiger partial charge in [-0.25, -0.2) is 0 Å². The molecule has 5 atom stereocenters. The van der Waals surface area contributed by atoms with Crippen LogP contribution in [0.3, 0.4) is 0 Å². The molecule has 0 bridgehead atoms. The highest BCUT2D eigenvalue weighted by Gasteiger charge is 2.46. The minimum atomic E-state index is -1.08. The Bertz CT molecular complexity index is 196. The second kappa shape index (κ2) is 4.09. The van der Waals surface area contributed by atoms with Crippen molar-refractivity contribution < 1.29 is 29.2 Å². The molecule has 2 saturated heterocycles. The van der Waals surface area contributed by atoms with E-state index in [4.69, 9.17) is 18.9 Å². The first-order valence-corrected chi connectivity index (χ1v) is 4.48. The van der Waals surface area contributed by atoms with E-state index < -0.39 is 24.6 Å². The van der Waals surface area contributed by atoms with Crippen LogP contribution in [0.15, 0.2) is 0 Å². The molecular formula is C8H14O6. The maximum Gasteiger partial charge on any atom is 0.186 e. The van der Waals surface area contributed by atoms with Crippen molar-refractivity contribution in [2.45, 2.75) is 30.7 Å². The van der Waals surface area contributed by atoms with E-state index in [9.17, 15) is 10.2 Å². The lowest BCUT2D eigenvalue weighted by atomic mass is 9.99. The van der Waals surface area contributed by atoms with Gasteiger partial charge in [0.25, 0.3) is 0 Å². The second-order valence-electron chi connectivity index (χ2n) is 3.38. The van der Waals surface area contributed by atoms with E-state index in [0.29, 0.717) is 6.61 Å². The first-order chi connectivity index (χ1) is 6.74. The number of methoxy groups -OCH3 is 1. The third-order valence-electron chi connectivity index (χ3n) is 2.50. The number of aliphatic hydroxyl groups is 2. The molecule has 2 aliphatic rings. The highest BCUT2D eigenvalue weighted by atomic mass is 16.7. The van der Waals surface area contributed by atoms with Crippen LogP contribution in [0.2, 0.25) is 0 Å². The van der Waals surface area contributed by atoms with Crippen molar-refractivity contribution in [3.63, 3.8) is 0 Å². The van der Waals surface area contributed by atoms with E-state index in [1.807, 2.05) is 0 Å². The van der Waals surface area contributed by atoms with Crippen LogP contribution >= 0.6 is 0 Å². The van der Waals surface area contributed by atoms with Gasteiger partial charge < -0.3 is 29.2 Å². The molecule has 14 heavy (non-hydrogen) atoms. The van der Waals surface area contributed by atoms with E-state index in [1.165, 1.54) is 7.11 Å². The lowest BCUT2D eigenvalue weighted by Crippen LogP contribution is -2.61. The summed E-state index contributed by atoms with van der Waals surface area (Å²) in [6.45, 7) is 0.459.